The third-order valence-corrected chi connectivity index (χ3v) is 4.59. The first-order chi connectivity index (χ1) is 10.5. The van der Waals surface area contributed by atoms with Crippen molar-refractivity contribution in [2.24, 2.45) is 0 Å². The Balaban J connectivity index is 1.61. The number of nitrogen functional groups attached to an aromatic ring is 1. The molecule has 1 heterocycles. The van der Waals surface area contributed by atoms with Crippen LogP contribution in [0.2, 0.25) is 5.02 Å². The Hall–Kier alpha value is -1.73. The highest BCUT2D eigenvalue weighted by Crippen LogP contribution is 2.39. The fourth-order valence-corrected chi connectivity index (χ4v) is 3.20. The molecule has 0 spiro atoms. The maximum absolute atomic E-state index is 12.0. The minimum Gasteiger partial charge on any atom is -0.368 e. The second-order valence-electron chi connectivity index (χ2n) is 5.26. The van der Waals surface area contributed by atoms with Crippen LogP contribution < -0.4 is 11.1 Å². The van der Waals surface area contributed by atoms with Crippen LogP contribution in [-0.2, 0) is 4.79 Å². The van der Waals surface area contributed by atoms with E-state index in [1.807, 2.05) is 23.6 Å². The average molecular weight is 338 g/mol. The van der Waals surface area contributed by atoms with Crippen LogP contribution in [-0.4, -0.2) is 26.4 Å². The van der Waals surface area contributed by atoms with E-state index in [9.17, 15) is 4.79 Å². The molecule has 1 aliphatic carbocycles. The predicted molar refractivity (Wildman–Crippen MR) is 88.2 cm³/mol. The van der Waals surface area contributed by atoms with Gasteiger partial charge in [-0.3, -0.25) is 9.36 Å². The maximum atomic E-state index is 12.0. The number of aromatic nitrogens is 3. The zero-order valence-corrected chi connectivity index (χ0v) is 13.6. The van der Waals surface area contributed by atoms with Crippen molar-refractivity contribution >= 4 is 40.9 Å². The van der Waals surface area contributed by atoms with E-state index in [0.29, 0.717) is 27.9 Å². The molecule has 3 rings (SSSR count). The van der Waals surface area contributed by atoms with E-state index in [4.69, 9.17) is 17.3 Å². The molecule has 0 radical (unpaired) electrons. The zero-order valence-electron chi connectivity index (χ0n) is 12.0. The van der Waals surface area contributed by atoms with Crippen molar-refractivity contribution < 1.29 is 4.79 Å². The number of nitrogens with one attached hydrogen (secondary N) is 1. The normalized spacial score (nSPS) is 14.1. The standard InChI is InChI=1S/C14H16ClN5OS/c1-8-2-5-11(10(15)6-8)17-12(21)7-22-14-19-18-13(16)20(14)9-3-4-9/h2,5-6,9H,3-4,7H2,1H3,(H2,16,18)(H,17,21). The van der Waals surface area contributed by atoms with Gasteiger partial charge < -0.3 is 11.1 Å². The van der Waals surface area contributed by atoms with Crippen molar-refractivity contribution in [1.29, 1.82) is 0 Å². The Morgan fingerprint density at radius 3 is 2.95 bits per heavy atom. The Morgan fingerprint density at radius 1 is 1.50 bits per heavy atom. The molecule has 1 amide bonds. The molecule has 1 aromatic heterocycles. The molecule has 116 valence electrons. The van der Waals surface area contributed by atoms with E-state index in [0.717, 1.165) is 18.4 Å². The smallest absolute Gasteiger partial charge is 0.234 e. The van der Waals surface area contributed by atoms with Gasteiger partial charge in [0.25, 0.3) is 0 Å². The molecule has 2 aromatic rings. The van der Waals surface area contributed by atoms with Gasteiger partial charge in [0.2, 0.25) is 11.9 Å². The monoisotopic (exact) mass is 337 g/mol. The van der Waals surface area contributed by atoms with Crippen LogP contribution in [0.1, 0.15) is 24.4 Å². The summed E-state index contributed by atoms with van der Waals surface area (Å²) in [5, 5.41) is 11.9. The molecule has 0 unspecified atom stereocenters. The first-order valence-corrected chi connectivity index (χ1v) is 8.30. The van der Waals surface area contributed by atoms with E-state index in [-0.39, 0.29) is 11.7 Å². The van der Waals surface area contributed by atoms with Crippen LogP contribution >= 0.6 is 23.4 Å². The lowest BCUT2D eigenvalue weighted by Gasteiger charge is -2.08. The highest BCUT2D eigenvalue weighted by Gasteiger charge is 2.29. The van der Waals surface area contributed by atoms with Crippen LogP contribution in [0, 0.1) is 6.92 Å². The van der Waals surface area contributed by atoms with Crippen LogP contribution in [0.4, 0.5) is 11.6 Å². The summed E-state index contributed by atoms with van der Waals surface area (Å²) in [6, 6.07) is 5.89. The SMILES string of the molecule is Cc1ccc(NC(=O)CSc2nnc(N)n2C2CC2)c(Cl)c1. The molecule has 1 saturated carbocycles. The van der Waals surface area contributed by atoms with E-state index < -0.39 is 0 Å². The molecule has 8 heteroatoms. The number of hydrogen-bond acceptors (Lipinski definition) is 5. The number of carbonyl (C=O) groups excluding carboxylic acids is 1. The van der Waals surface area contributed by atoms with Gasteiger partial charge in [0.1, 0.15) is 0 Å². The minimum absolute atomic E-state index is 0.139. The Morgan fingerprint density at radius 2 is 2.27 bits per heavy atom. The van der Waals surface area contributed by atoms with E-state index in [1.54, 1.807) is 6.07 Å². The number of thioether (sulfide) groups is 1. The van der Waals surface area contributed by atoms with Crippen molar-refractivity contribution in [3.8, 4) is 0 Å². The Labute approximate surface area is 137 Å². The first kappa shape index (κ1) is 15.2. The lowest BCUT2D eigenvalue weighted by molar-refractivity contribution is -0.113. The number of rotatable bonds is 5. The second-order valence-corrected chi connectivity index (χ2v) is 6.61. The number of nitrogens with two attached hydrogens (primary N) is 1. The summed E-state index contributed by atoms with van der Waals surface area (Å²) >= 11 is 7.43. The van der Waals surface area contributed by atoms with Crippen molar-refractivity contribution in [2.75, 3.05) is 16.8 Å². The topological polar surface area (TPSA) is 85.8 Å². The molecule has 0 saturated heterocycles. The highest BCUT2D eigenvalue weighted by atomic mass is 35.5. The molecule has 1 fully saturated rings. The lowest BCUT2D eigenvalue weighted by atomic mass is 10.2. The predicted octanol–water partition coefficient (Wildman–Crippen LogP) is 2.89. The molecule has 1 aromatic carbocycles. The highest BCUT2D eigenvalue weighted by molar-refractivity contribution is 7.99. The number of carbonyl (C=O) groups is 1. The van der Waals surface area contributed by atoms with Crippen LogP contribution in [0.25, 0.3) is 0 Å². The number of halogens is 1. The van der Waals surface area contributed by atoms with Crippen LogP contribution in [0.3, 0.4) is 0 Å². The quantitative estimate of drug-likeness (QED) is 0.819. The van der Waals surface area contributed by atoms with Crippen molar-refractivity contribution in [3.05, 3.63) is 28.8 Å². The molecule has 1 aliphatic rings. The minimum atomic E-state index is -0.139. The largest absolute Gasteiger partial charge is 0.368 e. The molecule has 22 heavy (non-hydrogen) atoms. The van der Waals surface area contributed by atoms with E-state index >= 15 is 0 Å². The van der Waals surface area contributed by atoms with Gasteiger partial charge >= 0.3 is 0 Å². The Kier molecular flexibility index (Phi) is 4.26. The summed E-state index contributed by atoms with van der Waals surface area (Å²) in [7, 11) is 0. The summed E-state index contributed by atoms with van der Waals surface area (Å²) in [4.78, 5) is 12.0. The molecule has 0 bridgehead atoms. The van der Waals surface area contributed by atoms with Gasteiger partial charge in [0, 0.05) is 6.04 Å². The molecule has 0 aliphatic heterocycles. The number of amides is 1. The summed E-state index contributed by atoms with van der Waals surface area (Å²) in [6.07, 6.45) is 2.17. The molecular weight excluding hydrogens is 322 g/mol. The van der Waals surface area contributed by atoms with Gasteiger partial charge in [-0.05, 0) is 37.5 Å². The average Bonchev–Trinajstić information content (AvgIpc) is 3.23. The van der Waals surface area contributed by atoms with Crippen molar-refractivity contribution in [3.63, 3.8) is 0 Å². The van der Waals surface area contributed by atoms with Gasteiger partial charge in [0.15, 0.2) is 5.16 Å². The van der Waals surface area contributed by atoms with Gasteiger partial charge in [0.05, 0.1) is 16.5 Å². The summed E-state index contributed by atoms with van der Waals surface area (Å²) in [5.41, 5.74) is 7.46. The molecule has 0 atom stereocenters. The lowest BCUT2D eigenvalue weighted by Crippen LogP contribution is -2.15. The number of anilines is 2. The third kappa shape index (κ3) is 3.36. The summed E-state index contributed by atoms with van der Waals surface area (Å²) < 4.78 is 1.90. The number of nitrogens with zero attached hydrogens (tertiary/aromatic N) is 3. The van der Waals surface area contributed by atoms with Crippen molar-refractivity contribution in [2.45, 2.75) is 31.0 Å². The van der Waals surface area contributed by atoms with Gasteiger partial charge in [-0.1, -0.05) is 29.4 Å². The van der Waals surface area contributed by atoms with E-state index in [1.165, 1.54) is 11.8 Å². The van der Waals surface area contributed by atoms with Crippen LogP contribution in [0.5, 0.6) is 0 Å². The zero-order chi connectivity index (χ0) is 15.7. The second kappa shape index (κ2) is 6.18. The van der Waals surface area contributed by atoms with Gasteiger partial charge in [-0.2, -0.15) is 0 Å². The number of aryl methyl sites for hydroxylation is 1. The van der Waals surface area contributed by atoms with Gasteiger partial charge in [-0.15, -0.1) is 10.2 Å². The molecule has 6 nitrogen and oxygen atoms in total. The van der Waals surface area contributed by atoms with Crippen LogP contribution in [0.15, 0.2) is 23.4 Å². The van der Waals surface area contributed by atoms with E-state index in [2.05, 4.69) is 15.5 Å². The summed E-state index contributed by atoms with van der Waals surface area (Å²) in [6.45, 7) is 1.95. The van der Waals surface area contributed by atoms with Crippen molar-refractivity contribution in [1.82, 2.24) is 14.8 Å². The summed E-state index contributed by atoms with van der Waals surface area (Å²) in [5.74, 6) is 0.501. The third-order valence-electron chi connectivity index (χ3n) is 3.33. The fourth-order valence-electron chi connectivity index (χ4n) is 2.10. The fraction of sp³-hybridized carbons (Fsp3) is 0.357. The Bertz CT molecular complexity index is 713. The maximum Gasteiger partial charge on any atom is 0.234 e. The molecule has 3 N–H and O–H groups in total. The first-order valence-electron chi connectivity index (χ1n) is 6.94. The molecular formula is C14H16ClN5OS. The number of hydrogen-bond donors (Lipinski definition) is 2. The van der Waals surface area contributed by atoms with Gasteiger partial charge in [-0.25, -0.2) is 0 Å². The number of benzene rings is 1.